The Morgan fingerprint density at radius 3 is 2.27 bits per heavy atom. The number of benzene rings is 2. The number of aromatic nitrogens is 2. The van der Waals surface area contributed by atoms with Crippen LogP contribution in [0.15, 0.2) is 54.6 Å². The highest BCUT2D eigenvalue weighted by Crippen LogP contribution is 2.29. The highest BCUT2D eigenvalue weighted by molar-refractivity contribution is 5.94. The summed E-state index contributed by atoms with van der Waals surface area (Å²) in [5.74, 6) is -1.96. The molecule has 5 N–H and O–H groups in total. The number of rotatable bonds is 15. The molecule has 0 aliphatic rings. The second-order valence-electron chi connectivity index (χ2n) is 10.3. The van der Waals surface area contributed by atoms with Crippen LogP contribution in [0.4, 0.5) is 4.39 Å². The number of imidazole rings is 1. The van der Waals surface area contributed by atoms with Gasteiger partial charge in [0.15, 0.2) is 0 Å². The first kappa shape index (κ1) is 31.9. The lowest BCUT2D eigenvalue weighted by Gasteiger charge is -2.24. The molecule has 222 valence electrons. The highest BCUT2D eigenvalue weighted by Gasteiger charge is 2.29. The number of hydrogen-bond acceptors (Lipinski definition) is 7. The molecule has 10 nitrogen and oxygen atoms in total. The summed E-state index contributed by atoms with van der Waals surface area (Å²) in [5, 5.41) is 43.2. The molecular formula is C30H38FN3O7. The quantitative estimate of drug-likeness (QED) is 0.186. The largest absolute Gasteiger partial charge is 0.481 e. The molecule has 3 aromatic rings. The number of hydrogen-bond donors (Lipinski definition) is 5. The van der Waals surface area contributed by atoms with Crippen LogP contribution in [0, 0.1) is 5.82 Å². The molecule has 0 saturated heterocycles. The van der Waals surface area contributed by atoms with Crippen molar-refractivity contribution in [2.24, 2.45) is 0 Å². The molecule has 11 heteroatoms. The van der Waals surface area contributed by atoms with Crippen molar-refractivity contribution in [1.82, 2.24) is 14.9 Å². The maximum absolute atomic E-state index is 13.7. The third-order valence-electron chi connectivity index (χ3n) is 6.70. The predicted octanol–water partition coefficient (Wildman–Crippen LogP) is 3.27. The lowest BCUT2D eigenvalue weighted by atomic mass is 10.0. The molecule has 3 rings (SSSR count). The molecular weight excluding hydrogens is 533 g/mol. The van der Waals surface area contributed by atoms with Crippen molar-refractivity contribution in [1.29, 1.82) is 0 Å². The smallest absolute Gasteiger partial charge is 0.305 e. The number of carboxylic acid groups (broad SMARTS) is 1. The van der Waals surface area contributed by atoms with Crippen molar-refractivity contribution in [3.05, 3.63) is 77.4 Å². The fourth-order valence-electron chi connectivity index (χ4n) is 4.77. The first-order chi connectivity index (χ1) is 19.5. The Bertz CT molecular complexity index is 1280. The zero-order chi connectivity index (χ0) is 30.1. The van der Waals surface area contributed by atoms with Gasteiger partial charge in [0.1, 0.15) is 23.4 Å². The summed E-state index contributed by atoms with van der Waals surface area (Å²) >= 11 is 0. The number of aliphatic hydroxyl groups is 3. The number of nitrogens with one attached hydrogen (secondary N) is 1. The lowest BCUT2D eigenvalue weighted by molar-refractivity contribution is -0.139. The maximum atomic E-state index is 13.7. The lowest BCUT2D eigenvalue weighted by Crippen LogP contribution is -2.43. The molecule has 4 atom stereocenters. The van der Waals surface area contributed by atoms with Crippen LogP contribution in [0.1, 0.15) is 66.9 Å². The molecule has 1 aromatic heterocycles. The van der Waals surface area contributed by atoms with Gasteiger partial charge < -0.3 is 35.0 Å². The third-order valence-corrected chi connectivity index (χ3v) is 6.70. The van der Waals surface area contributed by atoms with E-state index in [0.717, 1.165) is 0 Å². The number of aliphatic carboxylic acids is 1. The SMILES string of the molecule is COC[C@H](NC(=O)c1nc(-c2ccc(F)cc2)n(CC[C@@H](O)C[C@@H](O)CC(=O)O)c1C(C)C)[C@@H](O)c1ccccc1. The van der Waals surface area contributed by atoms with Gasteiger partial charge in [-0.05, 0) is 48.6 Å². The summed E-state index contributed by atoms with van der Waals surface area (Å²) < 4.78 is 20.8. The van der Waals surface area contributed by atoms with Gasteiger partial charge in [0.05, 0.1) is 37.0 Å². The standard InChI is InChI=1S/C30H38FN3O7/c1-18(2)27-26(30(40)32-24(17-41-3)28(39)19-7-5-4-6-8-19)33-29(20-9-11-21(31)12-10-20)34(27)14-13-22(35)15-23(36)16-25(37)38/h4-12,18,22-24,28,35-36,39H,13-17H2,1-3H3,(H,32,40)(H,37,38)/t22-,23-,24+,28+/m1/s1. The highest BCUT2D eigenvalue weighted by atomic mass is 19.1. The summed E-state index contributed by atoms with van der Waals surface area (Å²) in [6, 6.07) is 13.8. The average Bonchev–Trinajstić information content (AvgIpc) is 3.31. The van der Waals surface area contributed by atoms with Gasteiger partial charge in [0.2, 0.25) is 0 Å². The van der Waals surface area contributed by atoms with Crippen LogP contribution in [0.3, 0.4) is 0 Å². The number of ether oxygens (including phenoxy) is 1. The van der Waals surface area contributed by atoms with Gasteiger partial charge in [-0.1, -0.05) is 44.2 Å². The number of carbonyl (C=O) groups excluding carboxylic acids is 1. The van der Waals surface area contributed by atoms with E-state index in [9.17, 15) is 29.3 Å². The number of carbonyl (C=O) groups is 2. The number of carboxylic acids is 1. The zero-order valence-electron chi connectivity index (χ0n) is 23.4. The molecule has 0 aliphatic heterocycles. The van der Waals surface area contributed by atoms with Crippen LogP contribution < -0.4 is 5.32 Å². The van der Waals surface area contributed by atoms with Crippen LogP contribution in [-0.4, -0.2) is 73.8 Å². The molecule has 0 spiro atoms. The van der Waals surface area contributed by atoms with Gasteiger partial charge in [-0.25, -0.2) is 9.37 Å². The van der Waals surface area contributed by atoms with Crippen molar-refractivity contribution in [3.63, 3.8) is 0 Å². The fourth-order valence-corrected chi connectivity index (χ4v) is 4.77. The zero-order valence-corrected chi connectivity index (χ0v) is 23.4. The van der Waals surface area contributed by atoms with E-state index in [2.05, 4.69) is 10.3 Å². The molecule has 2 aromatic carbocycles. The van der Waals surface area contributed by atoms with Crippen molar-refractivity contribution in [2.45, 2.75) is 69.9 Å². The Morgan fingerprint density at radius 1 is 1.02 bits per heavy atom. The summed E-state index contributed by atoms with van der Waals surface area (Å²) in [6.07, 6.45) is -3.75. The van der Waals surface area contributed by atoms with Crippen molar-refractivity contribution < 1.29 is 39.1 Å². The van der Waals surface area contributed by atoms with E-state index in [1.165, 1.54) is 19.2 Å². The van der Waals surface area contributed by atoms with Crippen LogP contribution in [-0.2, 0) is 16.1 Å². The monoisotopic (exact) mass is 571 g/mol. The van der Waals surface area contributed by atoms with E-state index in [4.69, 9.17) is 9.84 Å². The molecule has 1 amide bonds. The first-order valence-electron chi connectivity index (χ1n) is 13.5. The Kier molecular flexibility index (Phi) is 11.5. The molecule has 0 fully saturated rings. The summed E-state index contributed by atoms with van der Waals surface area (Å²) in [5.41, 5.74) is 1.83. The number of amides is 1. The van der Waals surface area contributed by atoms with Gasteiger partial charge >= 0.3 is 5.97 Å². The van der Waals surface area contributed by atoms with Crippen LogP contribution in [0.25, 0.3) is 11.4 Å². The third kappa shape index (κ3) is 8.67. The fraction of sp³-hybridized carbons (Fsp3) is 0.433. The van der Waals surface area contributed by atoms with Gasteiger partial charge in [0.25, 0.3) is 5.91 Å². The Hall–Kier alpha value is -3.64. The van der Waals surface area contributed by atoms with Gasteiger partial charge in [0, 0.05) is 19.2 Å². The Labute approximate surface area is 238 Å². The number of halogens is 1. The minimum Gasteiger partial charge on any atom is -0.481 e. The summed E-state index contributed by atoms with van der Waals surface area (Å²) in [4.78, 5) is 29.2. The van der Waals surface area contributed by atoms with Gasteiger partial charge in [-0.15, -0.1) is 0 Å². The number of nitrogens with zero attached hydrogens (tertiary/aromatic N) is 2. The predicted molar refractivity (Wildman–Crippen MR) is 150 cm³/mol. The van der Waals surface area contributed by atoms with E-state index in [1.54, 1.807) is 41.0 Å². The van der Waals surface area contributed by atoms with Crippen LogP contribution >= 0.6 is 0 Å². The molecule has 0 aliphatic carbocycles. The molecule has 0 radical (unpaired) electrons. The van der Waals surface area contributed by atoms with Crippen LogP contribution in [0.5, 0.6) is 0 Å². The molecule has 0 unspecified atom stereocenters. The van der Waals surface area contributed by atoms with E-state index in [-0.39, 0.29) is 37.6 Å². The molecule has 0 saturated carbocycles. The molecule has 0 bridgehead atoms. The molecule has 1 heterocycles. The van der Waals surface area contributed by atoms with E-state index >= 15 is 0 Å². The second-order valence-corrected chi connectivity index (χ2v) is 10.3. The van der Waals surface area contributed by atoms with Gasteiger partial charge in [-0.2, -0.15) is 0 Å². The van der Waals surface area contributed by atoms with Crippen molar-refractivity contribution in [2.75, 3.05) is 13.7 Å². The Morgan fingerprint density at radius 2 is 1.68 bits per heavy atom. The number of methoxy groups -OCH3 is 1. The van der Waals surface area contributed by atoms with Crippen molar-refractivity contribution >= 4 is 11.9 Å². The Balaban J connectivity index is 1.96. The van der Waals surface area contributed by atoms with Gasteiger partial charge in [-0.3, -0.25) is 9.59 Å². The second kappa shape index (κ2) is 14.8. The molecule has 41 heavy (non-hydrogen) atoms. The van der Waals surface area contributed by atoms with E-state index < -0.39 is 48.5 Å². The minimum atomic E-state index is -1.21. The maximum Gasteiger partial charge on any atom is 0.305 e. The number of aliphatic hydroxyl groups excluding tert-OH is 3. The minimum absolute atomic E-state index is 0.0369. The normalized spacial score (nSPS) is 14.4. The summed E-state index contributed by atoms with van der Waals surface area (Å²) in [7, 11) is 1.47. The average molecular weight is 572 g/mol. The first-order valence-corrected chi connectivity index (χ1v) is 13.5. The van der Waals surface area contributed by atoms with E-state index in [1.807, 2.05) is 19.9 Å². The topological polar surface area (TPSA) is 154 Å². The van der Waals surface area contributed by atoms with Crippen LogP contribution in [0.2, 0.25) is 0 Å². The van der Waals surface area contributed by atoms with E-state index in [0.29, 0.717) is 22.6 Å². The summed E-state index contributed by atoms with van der Waals surface area (Å²) in [6.45, 7) is 4.00. The van der Waals surface area contributed by atoms with Crippen molar-refractivity contribution in [3.8, 4) is 11.4 Å².